The summed E-state index contributed by atoms with van der Waals surface area (Å²) < 4.78 is 7.38. The van der Waals surface area contributed by atoms with Crippen LogP contribution in [0.5, 0.6) is 5.75 Å². The lowest BCUT2D eigenvalue weighted by atomic mass is 10.0. The first kappa shape index (κ1) is 14.6. The van der Waals surface area contributed by atoms with Gasteiger partial charge in [-0.15, -0.1) is 0 Å². The Morgan fingerprint density at radius 1 is 1.35 bits per heavy atom. The van der Waals surface area contributed by atoms with Gasteiger partial charge < -0.3 is 10.1 Å². The maximum atomic E-state index is 5.46. The number of rotatable bonds is 6. The molecule has 4 heteroatoms. The molecule has 0 aliphatic heterocycles. The highest BCUT2D eigenvalue weighted by Crippen LogP contribution is 2.25. The van der Waals surface area contributed by atoms with Crippen LogP contribution in [-0.2, 0) is 13.5 Å². The van der Waals surface area contributed by atoms with E-state index in [2.05, 4.69) is 48.5 Å². The van der Waals surface area contributed by atoms with Crippen LogP contribution in [0.3, 0.4) is 0 Å². The van der Waals surface area contributed by atoms with Crippen LogP contribution < -0.4 is 10.1 Å². The average Bonchev–Trinajstić information content (AvgIpc) is 2.84. The molecule has 20 heavy (non-hydrogen) atoms. The molecule has 1 atom stereocenters. The highest BCUT2D eigenvalue weighted by molar-refractivity contribution is 5.39. The van der Waals surface area contributed by atoms with Crippen molar-refractivity contribution in [3.63, 3.8) is 0 Å². The predicted octanol–water partition coefficient (Wildman–Crippen LogP) is 2.63. The molecule has 0 spiro atoms. The summed E-state index contributed by atoms with van der Waals surface area (Å²) in [7, 11) is 3.70. The van der Waals surface area contributed by atoms with Crippen LogP contribution in [0.4, 0.5) is 0 Å². The van der Waals surface area contributed by atoms with Gasteiger partial charge in [0.2, 0.25) is 0 Å². The molecule has 0 saturated heterocycles. The Kier molecular flexibility index (Phi) is 4.79. The van der Waals surface area contributed by atoms with Crippen molar-refractivity contribution in [2.24, 2.45) is 7.05 Å². The van der Waals surface area contributed by atoms with E-state index in [0.717, 1.165) is 18.7 Å². The number of aryl methyl sites for hydroxylation is 2. The van der Waals surface area contributed by atoms with Crippen molar-refractivity contribution in [1.82, 2.24) is 15.1 Å². The van der Waals surface area contributed by atoms with E-state index in [4.69, 9.17) is 4.74 Å². The third kappa shape index (κ3) is 3.39. The van der Waals surface area contributed by atoms with Crippen molar-refractivity contribution in [2.45, 2.75) is 26.3 Å². The minimum atomic E-state index is 0.263. The van der Waals surface area contributed by atoms with Crippen LogP contribution in [0.2, 0.25) is 0 Å². The smallest absolute Gasteiger partial charge is 0.123 e. The fraction of sp³-hybridized carbons (Fsp3) is 0.438. The summed E-state index contributed by atoms with van der Waals surface area (Å²) in [5.41, 5.74) is 3.65. The fourth-order valence-corrected chi connectivity index (χ4v) is 2.35. The van der Waals surface area contributed by atoms with E-state index in [-0.39, 0.29) is 6.04 Å². The van der Waals surface area contributed by atoms with Gasteiger partial charge in [-0.3, -0.25) is 4.68 Å². The number of aromatic nitrogens is 2. The lowest BCUT2D eigenvalue weighted by molar-refractivity contribution is 0.401. The molecule has 2 rings (SSSR count). The molecule has 1 aromatic heterocycles. The summed E-state index contributed by atoms with van der Waals surface area (Å²) in [5.74, 6) is 0.950. The second-order valence-corrected chi connectivity index (χ2v) is 5.12. The summed E-state index contributed by atoms with van der Waals surface area (Å²) in [6.07, 6.45) is 2.80. The normalized spacial score (nSPS) is 12.4. The van der Waals surface area contributed by atoms with Gasteiger partial charge in [0.05, 0.1) is 7.11 Å². The third-order valence-corrected chi connectivity index (χ3v) is 3.61. The lowest BCUT2D eigenvalue weighted by Gasteiger charge is -2.18. The van der Waals surface area contributed by atoms with E-state index in [1.54, 1.807) is 7.11 Å². The Hall–Kier alpha value is -1.81. The maximum absolute atomic E-state index is 5.46. The molecule has 0 amide bonds. The van der Waals surface area contributed by atoms with Gasteiger partial charge in [0.15, 0.2) is 0 Å². The molecule has 1 aromatic carbocycles. The zero-order valence-corrected chi connectivity index (χ0v) is 12.7. The Labute approximate surface area is 120 Å². The second-order valence-electron chi connectivity index (χ2n) is 5.12. The molecule has 0 aliphatic carbocycles. The minimum absolute atomic E-state index is 0.263. The van der Waals surface area contributed by atoms with Crippen LogP contribution in [-0.4, -0.2) is 23.4 Å². The van der Waals surface area contributed by atoms with E-state index < -0.39 is 0 Å². The SMILES string of the molecule is COc1cc(C)ccc1C(C)NCCc1ccnn1C. The number of hydrogen-bond acceptors (Lipinski definition) is 3. The highest BCUT2D eigenvalue weighted by atomic mass is 16.5. The van der Waals surface area contributed by atoms with E-state index >= 15 is 0 Å². The fourth-order valence-electron chi connectivity index (χ4n) is 2.35. The molecule has 0 radical (unpaired) electrons. The van der Waals surface area contributed by atoms with Crippen LogP contribution in [0.1, 0.15) is 29.8 Å². The van der Waals surface area contributed by atoms with Gasteiger partial charge in [-0.2, -0.15) is 5.10 Å². The van der Waals surface area contributed by atoms with Gasteiger partial charge in [-0.1, -0.05) is 12.1 Å². The van der Waals surface area contributed by atoms with Crippen molar-refractivity contribution < 1.29 is 4.74 Å². The molecule has 4 nitrogen and oxygen atoms in total. The molecule has 1 N–H and O–H groups in total. The van der Waals surface area contributed by atoms with Crippen molar-refractivity contribution in [1.29, 1.82) is 0 Å². The predicted molar refractivity (Wildman–Crippen MR) is 81.1 cm³/mol. The summed E-state index contributed by atoms with van der Waals surface area (Å²) in [4.78, 5) is 0. The zero-order valence-electron chi connectivity index (χ0n) is 12.7. The van der Waals surface area contributed by atoms with Gasteiger partial charge >= 0.3 is 0 Å². The zero-order chi connectivity index (χ0) is 14.5. The van der Waals surface area contributed by atoms with Gasteiger partial charge in [0.25, 0.3) is 0 Å². The van der Waals surface area contributed by atoms with Crippen LogP contribution in [0, 0.1) is 6.92 Å². The Bertz CT molecular complexity index is 563. The number of nitrogens with zero attached hydrogens (tertiary/aromatic N) is 2. The summed E-state index contributed by atoms with van der Waals surface area (Å²) in [6.45, 7) is 5.15. The highest BCUT2D eigenvalue weighted by Gasteiger charge is 2.11. The van der Waals surface area contributed by atoms with Gasteiger partial charge in [0, 0.05) is 43.5 Å². The largest absolute Gasteiger partial charge is 0.496 e. The van der Waals surface area contributed by atoms with Crippen molar-refractivity contribution in [2.75, 3.05) is 13.7 Å². The molecule has 0 fully saturated rings. The van der Waals surface area contributed by atoms with Crippen molar-refractivity contribution in [3.8, 4) is 5.75 Å². The summed E-state index contributed by atoms with van der Waals surface area (Å²) in [6, 6.07) is 8.65. The standard InChI is InChI=1S/C16H23N3O/c1-12-5-6-15(16(11-12)20-4)13(2)17-9-7-14-8-10-18-19(14)3/h5-6,8,10-11,13,17H,7,9H2,1-4H3. The monoisotopic (exact) mass is 273 g/mol. The molecule has 108 valence electrons. The van der Waals surface area contributed by atoms with E-state index in [1.165, 1.54) is 16.8 Å². The first-order valence-electron chi connectivity index (χ1n) is 6.96. The number of hydrogen-bond donors (Lipinski definition) is 1. The van der Waals surface area contributed by atoms with Crippen molar-refractivity contribution >= 4 is 0 Å². The van der Waals surface area contributed by atoms with E-state index in [9.17, 15) is 0 Å². The van der Waals surface area contributed by atoms with Gasteiger partial charge in [-0.25, -0.2) is 0 Å². The first-order valence-corrected chi connectivity index (χ1v) is 6.96. The number of benzene rings is 1. The molecule has 0 saturated carbocycles. The van der Waals surface area contributed by atoms with E-state index in [0.29, 0.717) is 0 Å². The van der Waals surface area contributed by atoms with Crippen LogP contribution in [0.15, 0.2) is 30.5 Å². The number of nitrogens with one attached hydrogen (secondary N) is 1. The number of methoxy groups -OCH3 is 1. The average molecular weight is 273 g/mol. The van der Waals surface area contributed by atoms with Gasteiger partial charge in [-0.05, 0) is 31.5 Å². The molecule has 0 aliphatic rings. The molecular weight excluding hydrogens is 250 g/mol. The topological polar surface area (TPSA) is 39.1 Å². The van der Waals surface area contributed by atoms with Gasteiger partial charge in [0.1, 0.15) is 5.75 Å². The third-order valence-electron chi connectivity index (χ3n) is 3.61. The van der Waals surface area contributed by atoms with E-state index in [1.807, 2.05) is 17.9 Å². The second kappa shape index (κ2) is 6.57. The Morgan fingerprint density at radius 3 is 2.80 bits per heavy atom. The Morgan fingerprint density at radius 2 is 2.15 bits per heavy atom. The molecule has 0 bridgehead atoms. The summed E-state index contributed by atoms with van der Waals surface area (Å²) >= 11 is 0. The molecular formula is C16H23N3O. The molecule has 1 unspecified atom stereocenters. The molecule has 2 aromatic rings. The maximum Gasteiger partial charge on any atom is 0.123 e. The first-order chi connectivity index (χ1) is 9.61. The quantitative estimate of drug-likeness (QED) is 0.879. The number of ether oxygens (including phenoxy) is 1. The lowest BCUT2D eigenvalue weighted by Crippen LogP contribution is -2.22. The Balaban J connectivity index is 1.95. The van der Waals surface area contributed by atoms with Crippen LogP contribution in [0.25, 0.3) is 0 Å². The summed E-state index contributed by atoms with van der Waals surface area (Å²) in [5, 5.41) is 7.72. The molecule has 1 heterocycles. The van der Waals surface area contributed by atoms with Crippen molar-refractivity contribution in [3.05, 3.63) is 47.3 Å². The van der Waals surface area contributed by atoms with Crippen LogP contribution >= 0.6 is 0 Å². The minimum Gasteiger partial charge on any atom is -0.496 e.